The average molecular weight is 493 g/mol. The third-order valence-electron chi connectivity index (χ3n) is 5.60. The first-order valence-corrected chi connectivity index (χ1v) is 11.8. The molecule has 1 atom stereocenters. The van der Waals surface area contributed by atoms with Crippen LogP contribution in [-0.4, -0.2) is 35.3 Å². The molecule has 0 aliphatic rings. The third kappa shape index (κ3) is 4.69. The van der Waals surface area contributed by atoms with E-state index in [-0.39, 0.29) is 17.2 Å². The zero-order chi connectivity index (χ0) is 25.1. The highest BCUT2D eigenvalue weighted by Crippen LogP contribution is 2.29. The maximum atomic E-state index is 14.4. The lowest BCUT2D eigenvalue weighted by Crippen LogP contribution is -2.27. The van der Waals surface area contributed by atoms with E-state index in [2.05, 4.69) is 22.1 Å². The summed E-state index contributed by atoms with van der Waals surface area (Å²) in [5.41, 5.74) is 1.53. The Hall–Kier alpha value is -3.92. The van der Waals surface area contributed by atoms with E-state index in [0.717, 1.165) is 0 Å². The number of aromatic nitrogens is 5. The number of rotatable bonds is 8. The Bertz CT molecular complexity index is 1440. The van der Waals surface area contributed by atoms with Gasteiger partial charge in [-0.05, 0) is 38.1 Å². The molecule has 0 fully saturated rings. The molecule has 180 valence electrons. The van der Waals surface area contributed by atoms with Gasteiger partial charge in [-0.2, -0.15) is 0 Å². The first-order chi connectivity index (χ1) is 16.8. The van der Waals surface area contributed by atoms with Crippen LogP contribution in [0.15, 0.2) is 77.2 Å². The fraction of sp³-hybridized carbons (Fsp3) is 0.200. The van der Waals surface area contributed by atoms with E-state index in [0.29, 0.717) is 34.5 Å². The molecule has 10 heteroatoms. The van der Waals surface area contributed by atoms with Gasteiger partial charge in [-0.3, -0.25) is 18.8 Å². The summed E-state index contributed by atoms with van der Waals surface area (Å²) in [5.74, 6) is -0.425. The number of hydrogen-bond donors (Lipinski definition) is 1. The first kappa shape index (κ1) is 24.2. The molecule has 2 aromatic heterocycles. The summed E-state index contributed by atoms with van der Waals surface area (Å²) in [5, 5.41) is 10.9. The zero-order valence-corrected chi connectivity index (χ0v) is 20.4. The van der Waals surface area contributed by atoms with Crippen LogP contribution in [0.5, 0.6) is 0 Å². The molecule has 0 spiro atoms. The summed E-state index contributed by atoms with van der Waals surface area (Å²) in [4.78, 5) is 26.2. The topological polar surface area (TPSA) is 86.7 Å². The van der Waals surface area contributed by atoms with Gasteiger partial charge in [0.2, 0.25) is 5.91 Å². The van der Waals surface area contributed by atoms with Crippen molar-refractivity contribution in [1.29, 1.82) is 0 Å². The molecule has 4 aromatic rings. The van der Waals surface area contributed by atoms with Gasteiger partial charge in [-0.25, -0.2) is 9.07 Å². The Morgan fingerprint density at radius 3 is 2.54 bits per heavy atom. The van der Waals surface area contributed by atoms with Crippen molar-refractivity contribution in [3.05, 3.63) is 89.1 Å². The second kappa shape index (κ2) is 10.1. The highest BCUT2D eigenvalue weighted by molar-refractivity contribution is 8.00. The lowest BCUT2D eigenvalue weighted by Gasteiger charge is -2.12. The summed E-state index contributed by atoms with van der Waals surface area (Å²) in [6, 6.07) is 15.5. The van der Waals surface area contributed by atoms with Gasteiger partial charge in [0.15, 0.2) is 11.0 Å². The number of carbonyl (C=O) groups excluding carboxylic acids is 1. The smallest absolute Gasteiger partial charge is 0.295 e. The summed E-state index contributed by atoms with van der Waals surface area (Å²) in [7, 11) is 1.76. The summed E-state index contributed by atoms with van der Waals surface area (Å²) in [6.45, 7) is 7.59. The predicted octanol–water partition coefficient (Wildman–Crippen LogP) is 4.19. The second-order valence-electron chi connectivity index (χ2n) is 7.87. The molecule has 0 unspecified atom stereocenters. The molecule has 0 saturated carbocycles. The average Bonchev–Trinajstić information content (AvgIpc) is 3.33. The van der Waals surface area contributed by atoms with Gasteiger partial charge in [0.25, 0.3) is 5.56 Å². The largest absolute Gasteiger partial charge is 0.319 e. The molecule has 0 bridgehead atoms. The minimum atomic E-state index is -0.611. The number of amides is 1. The molecule has 0 aliphatic heterocycles. The number of thioether (sulfide) groups is 1. The van der Waals surface area contributed by atoms with Gasteiger partial charge in [0.1, 0.15) is 11.5 Å². The van der Waals surface area contributed by atoms with Crippen molar-refractivity contribution in [2.45, 2.75) is 30.8 Å². The maximum Gasteiger partial charge on any atom is 0.295 e. The van der Waals surface area contributed by atoms with Crippen molar-refractivity contribution in [3.8, 4) is 17.1 Å². The summed E-state index contributed by atoms with van der Waals surface area (Å²) < 4.78 is 19.3. The Morgan fingerprint density at radius 1 is 1.17 bits per heavy atom. The number of nitrogens with zero attached hydrogens (tertiary/aromatic N) is 5. The highest BCUT2D eigenvalue weighted by Gasteiger charge is 2.24. The van der Waals surface area contributed by atoms with Crippen LogP contribution in [0.4, 0.5) is 10.1 Å². The standard InChI is InChI=1S/C25H25FN6O2S/c1-5-15-31-22(19-13-9-10-14-20(19)26)28-29-25(31)35-17(3)23(33)27-21-16(2)30(4)32(24(21)34)18-11-7-6-8-12-18/h5-14,17H,1,15H2,2-4H3,(H,27,33)/t17-/m0/s1. The van der Waals surface area contributed by atoms with Crippen molar-refractivity contribution in [1.82, 2.24) is 24.1 Å². The fourth-order valence-corrected chi connectivity index (χ4v) is 4.52. The van der Waals surface area contributed by atoms with Crippen molar-refractivity contribution < 1.29 is 9.18 Å². The monoisotopic (exact) mass is 492 g/mol. The Kier molecular flexibility index (Phi) is 7.02. The van der Waals surface area contributed by atoms with Crippen LogP contribution in [-0.2, 0) is 18.4 Å². The van der Waals surface area contributed by atoms with Crippen molar-refractivity contribution >= 4 is 23.4 Å². The van der Waals surface area contributed by atoms with E-state index in [9.17, 15) is 14.0 Å². The van der Waals surface area contributed by atoms with Crippen LogP contribution in [0.1, 0.15) is 12.6 Å². The normalized spacial score (nSPS) is 11.9. The van der Waals surface area contributed by atoms with E-state index in [1.165, 1.54) is 22.5 Å². The van der Waals surface area contributed by atoms with Gasteiger partial charge in [0, 0.05) is 13.6 Å². The van der Waals surface area contributed by atoms with E-state index >= 15 is 0 Å². The number of benzene rings is 2. The summed E-state index contributed by atoms with van der Waals surface area (Å²) >= 11 is 1.17. The van der Waals surface area contributed by atoms with Gasteiger partial charge in [0.05, 0.1) is 22.2 Å². The van der Waals surface area contributed by atoms with Gasteiger partial charge in [-0.15, -0.1) is 16.8 Å². The van der Waals surface area contributed by atoms with Crippen molar-refractivity contribution in [2.24, 2.45) is 7.05 Å². The second-order valence-corrected chi connectivity index (χ2v) is 9.18. The molecule has 0 saturated heterocycles. The molecule has 0 aliphatic carbocycles. The van der Waals surface area contributed by atoms with Crippen LogP contribution >= 0.6 is 11.8 Å². The van der Waals surface area contributed by atoms with Gasteiger partial charge >= 0.3 is 0 Å². The SMILES string of the molecule is C=CCn1c(S[C@@H](C)C(=O)Nc2c(C)n(C)n(-c3ccccc3)c2=O)nnc1-c1ccccc1F. The number of para-hydroxylation sites is 1. The molecule has 2 heterocycles. The van der Waals surface area contributed by atoms with Crippen LogP contribution in [0, 0.1) is 12.7 Å². The molecular weight excluding hydrogens is 467 g/mol. The third-order valence-corrected chi connectivity index (χ3v) is 6.68. The molecule has 0 radical (unpaired) electrons. The van der Waals surface area contributed by atoms with Gasteiger partial charge < -0.3 is 5.32 Å². The van der Waals surface area contributed by atoms with Crippen molar-refractivity contribution in [3.63, 3.8) is 0 Å². The quantitative estimate of drug-likeness (QED) is 0.294. The predicted molar refractivity (Wildman–Crippen MR) is 135 cm³/mol. The summed E-state index contributed by atoms with van der Waals surface area (Å²) in [6.07, 6.45) is 1.65. The van der Waals surface area contributed by atoms with Crippen molar-refractivity contribution in [2.75, 3.05) is 5.32 Å². The Morgan fingerprint density at radius 2 is 1.86 bits per heavy atom. The molecule has 1 amide bonds. The number of carbonyl (C=O) groups is 1. The number of anilines is 1. The first-order valence-electron chi connectivity index (χ1n) is 10.9. The van der Waals surface area contributed by atoms with Crippen LogP contribution in [0.3, 0.4) is 0 Å². The van der Waals surface area contributed by atoms with Crippen LogP contribution < -0.4 is 10.9 Å². The number of nitrogens with one attached hydrogen (secondary N) is 1. The van der Waals surface area contributed by atoms with E-state index < -0.39 is 11.1 Å². The van der Waals surface area contributed by atoms with E-state index in [4.69, 9.17) is 0 Å². The molecule has 2 aromatic carbocycles. The number of allylic oxidation sites excluding steroid dienone is 1. The molecule has 8 nitrogen and oxygen atoms in total. The Labute approximate surface area is 206 Å². The lowest BCUT2D eigenvalue weighted by atomic mass is 10.2. The van der Waals surface area contributed by atoms with Crippen LogP contribution in [0.2, 0.25) is 0 Å². The molecule has 4 rings (SSSR count). The van der Waals surface area contributed by atoms with E-state index in [1.54, 1.807) is 54.4 Å². The minimum absolute atomic E-state index is 0.216. The Balaban J connectivity index is 1.58. The zero-order valence-electron chi connectivity index (χ0n) is 19.6. The molecular formula is C25H25FN6O2S. The maximum absolute atomic E-state index is 14.4. The highest BCUT2D eigenvalue weighted by atomic mass is 32.2. The van der Waals surface area contributed by atoms with Gasteiger partial charge in [-0.1, -0.05) is 48.2 Å². The minimum Gasteiger partial charge on any atom is -0.319 e. The van der Waals surface area contributed by atoms with E-state index in [1.807, 2.05) is 30.3 Å². The molecule has 1 N–H and O–H groups in total. The lowest BCUT2D eigenvalue weighted by molar-refractivity contribution is -0.115. The van der Waals surface area contributed by atoms with Crippen LogP contribution in [0.25, 0.3) is 17.1 Å². The fourth-order valence-electron chi connectivity index (χ4n) is 3.66. The number of hydrogen-bond acceptors (Lipinski definition) is 5. The number of halogens is 1. The molecule has 35 heavy (non-hydrogen) atoms.